The zero-order chi connectivity index (χ0) is 11.4. The highest BCUT2D eigenvalue weighted by molar-refractivity contribution is 6.04. The Morgan fingerprint density at radius 1 is 1.11 bits per heavy atom. The first-order chi connectivity index (χ1) is 7.75. The van der Waals surface area contributed by atoms with Crippen LogP contribution in [0, 0.1) is 0 Å². The maximum Gasteiger partial charge on any atom is 0.257 e. The van der Waals surface area contributed by atoms with Crippen LogP contribution in [0.4, 0.5) is 11.4 Å². The van der Waals surface area contributed by atoms with Crippen LogP contribution >= 0.6 is 24.8 Å². The molecule has 0 saturated heterocycles. The van der Waals surface area contributed by atoms with E-state index >= 15 is 0 Å². The van der Waals surface area contributed by atoms with E-state index in [0.717, 1.165) is 0 Å². The molecule has 0 bridgehead atoms. The van der Waals surface area contributed by atoms with E-state index in [4.69, 9.17) is 5.73 Å². The molecule has 1 aromatic carbocycles. The predicted octanol–water partition coefficient (Wildman–Crippen LogP) is 2.76. The number of carbonyl (C=O) groups is 1. The lowest BCUT2D eigenvalue weighted by Crippen LogP contribution is -2.11. The Kier molecular flexibility index (Phi) is 6.78. The second-order valence-corrected chi connectivity index (χ2v) is 3.32. The van der Waals surface area contributed by atoms with Gasteiger partial charge in [0.25, 0.3) is 5.91 Å². The lowest BCUT2D eigenvalue weighted by atomic mass is 10.2. The number of nitrogens with zero attached hydrogens (tertiary/aromatic N) is 1. The largest absolute Gasteiger partial charge is 0.399 e. The first-order valence-electron chi connectivity index (χ1n) is 4.82. The van der Waals surface area contributed by atoms with Crippen LogP contribution in [0.2, 0.25) is 0 Å². The summed E-state index contributed by atoms with van der Waals surface area (Å²) >= 11 is 0. The molecule has 0 spiro atoms. The SMILES string of the molecule is Cl.Cl.Nc1ccc(NC(=O)c2cccnc2)cc1. The van der Waals surface area contributed by atoms with E-state index in [2.05, 4.69) is 10.3 Å². The van der Waals surface area contributed by atoms with Gasteiger partial charge in [-0.1, -0.05) is 0 Å². The third kappa shape index (κ3) is 4.24. The molecular weight excluding hydrogens is 273 g/mol. The summed E-state index contributed by atoms with van der Waals surface area (Å²) in [5.74, 6) is -0.183. The van der Waals surface area contributed by atoms with E-state index in [1.807, 2.05) is 0 Å². The van der Waals surface area contributed by atoms with Gasteiger partial charge in [-0.05, 0) is 36.4 Å². The summed E-state index contributed by atoms with van der Waals surface area (Å²) in [6.45, 7) is 0. The molecule has 0 fully saturated rings. The third-order valence-electron chi connectivity index (χ3n) is 2.09. The van der Waals surface area contributed by atoms with Gasteiger partial charge in [0.2, 0.25) is 0 Å². The molecule has 4 nitrogen and oxygen atoms in total. The van der Waals surface area contributed by atoms with E-state index in [-0.39, 0.29) is 30.7 Å². The van der Waals surface area contributed by atoms with Gasteiger partial charge in [-0.25, -0.2) is 0 Å². The standard InChI is InChI=1S/C12H11N3O.2ClH/c13-10-3-5-11(6-4-10)15-12(16)9-2-1-7-14-8-9;;/h1-8H,13H2,(H,15,16);2*1H. The topological polar surface area (TPSA) is 68.0 Å². The Labute approximate surface area is 117 Å². The Hall–Kier alpha value is -1.78. The number of halogens is 2. The Morgan fingerprint density at radius 2 is 1.78 bits per heavy atom. The lowest BCUT2D eigenvalue weighted by Gasteiger charge is -2.04. The van der Waals surface area contributed by atoms with Crippen LogP contribution < -0.4 is 11.1 Å². The minimum Gasteiger partial charge on any atom is -0.399 e. The van der Waals surface area contributed by atoms with Crippen molar-refractivity contribution < 1.29 is 4.79 Å². The molecule has 18 heavy (non-hydrogen) atoms. The van der Waals surface area contributed by atoms with E-state index in [9.17, 15) is 4.79 Å². The average molecular weight is 286 g/mol. The van der Waals surface area contributed by atoms with E-state index in [1.54, 1.807) is 42.6 Å². The van der Waals surface area contributed by atoms with Crippen molar-refractivity contribution in [1.29, 1.82) is 0 Å². The predicted molar refractivity (Wildman–Crippen MR) is 77.5 cm³/mol. The van der Waals surface area contributed by atoms with Crippen LogP contribution in [0.25, 0.3) is 0 Å². The molecule has 6 heteroatoms. The summed E-state index contributed by atoms with van der Waals surface area (Å²) < 4.78 is 0. The van der Waals surface area contributed by atoms with Crippen molar-refractivity contribution in [3.8, 4) is 0 Å². The molecule has 0 radical (unpaired) electrons. The van der Waals surface area contributed by atoms with Crippen LogP contribution in [0.3, 0.4) is 0 Å². The highest BCUT2D eigenvalue weighted by Crippen LogP contribution is 2.11. The van der Waals surface area contributed by atoms with Gasteiger partial charge in [0, 0.05) is 23.8 Å². The normalized spacial score (nSPS) is 8.67. The van der Waals surface area contributed by atoms with Gasteiger partial charge in [-0.3, -0.25) is 9.78 Å². The lowest BCUT2D eigenvalue weighted by molar-refractivity contribution is 0.102. The van der Waals surface area contributed by atoms with Gasteiger partial charge in [0.1, 0.15) is 0 Å². The van der Waals surface area contributed by atoms with Crippen molar-refractivity contribution in [1.82, 2.24) is 4.98 Å². The number of benzene rings is 1. The summed E-state index contributed by atoms with van der Waals surface area (Å²) in [4.78, 5) is 15.6. The van der Waals surface area contributed by atoms with Crippen molar-refractivity contribution in [2.75, 3.05) is 11.1 Å². The maximum absolute atomic E-state index is 11.7. The smallest absolute Gasteiger partial charge is 0.257 e. The van der Waals surface area contributed by atoms with Gasteiger partial charge in [-0.2, -0.15) is 0 Å². The molecule has 2 rings (SSSR count). The number of hydrogen-bond donors (Lipinski definition) is 2. The molecule has 0 atom stereocenters. The number of hydrogen-bond acceptors (Lipinski definition) is 3. The van der Waals surface area contributed by atoms with Crippen LogP contribution in [0.1, 0.15) is 10.4 Å². The summed E-state index contributed by atoms with van der Waals surface area (Å²) in [5.41, 5.74) is 7.45. The minimum atomic E-state index is -0.183. The average Bonchev–Trinajstić information content (AvgIpc) is 2.33. The van der Waals surface area contributed by atoms with Crippen molar-refractivity contribution in [2.45, 2.75) is 0 Å². The number of carbonyl (C=O) groups excluding carboxylic acids is 1. The summed E-state index contributed by atoms with van der Waals surface area (Å²) in [6.07, 6.45) is 3.15. The molecule has 0 aliphatic carbocycles. The van der Waals surface area contributed by atoms with Crippen molar-refractivity contribution in [2.24, 2.45) is 0 Å². The highest BCUT2D eigenvalue weighted by atomic mass is 35.5. The van der Waals surface area contributed by atoms with E-state index < -0.39 is 0 Å². The quantitative estimate of drug-likeness (QED) is 0.834. The fourth-order valence-corrected chi connectivity index (χ4v) is 1.27. The first-order valence-corrected chi connectivity index (χ1v) is 4.82. The fraction of sp³-hybridized carbons (Fsp3) is 0. The Balaban J connectivity index is 0.00000144. The molecule has 1 heterocycles. The van der Waals surface area contributed by atoms with Crippen LogP contribution in [-0.2, 0) is 0 Å². The van der Waals surface area contributed by atoms with Crippen LogP contribution in [0.15, 0.2) is 48.8 Å². The fourth-order valence-electron chi connectivity index (χ4n) is 1.27. The summed E-state index contributed by atoms with van der Waals surface area (Å²) in [6, 6.07) is 10.4. The zero-order valence-electron chi connectivity index (χ0n) is 9.37. The molecule has 96 valence electrons. The monoisotopic (exact) mass is 285 g/mol. The molecule has 0 aliphatic rings. The second-order valence-electron chi connectivity index (χ2n) is 3.32. The van der Waals surface area contributed by atoms with Crippen molar-refractivity contribution >= 4 is 42.1 Å². The summed E-state index contributed by atoms with van der Waals surface area (Å²) in [7, 11) is 0. The molecule has 1 amide bonds. The highest BCUT2D eigenvalue weighted by Gasteiger charge is 2.04. The number of pyridine rings is 1. The van der Waals surface area contributed by atoms with Gasteiger partial charge in [0.15, 0.2) is 0 Å². The maximum atomic E-state index is 11.7. The number of nitrogens with one attached hydrogen (secondary N) is 1. The van der Waals surface area contributed by atoms with E-state index in [1.165, 1.54) is 6.20 Å². The number of rotatable bonds is 2. The van der Waals surface area contributed by atoms with Crippen molar-refractivity contribution in [3.63, 3.8) is 0 Å². The van der Waals surface area contributed by atoms with Crippen LogP contribution in [-0.4, -0.2) is 10.9 Å². The van der Waals surface area contributed by atoms with Crippen LogP contribution in [0.5, 0.6) is 0 Å². The number of amides is 1. The first kappa shape index (κ1) is 16.2. The van der Waals surface area contributed by atoms with Crippen molar-refractivity contribution in [3.05, 3.63) is 54.4 Å². The molecule has 2 aromatic rings. The number of anilines is 2. The summed E-state index contributed by atoms with van der Waals surface area (Å²) in [5, 5.41) is 2.75. The van der Waals surface area contributed by atoms with Gasteiger partial charge in [-0.15, -0.1) is 24.8 Å². The molecule has 0 saturated carbocycles. The molecule has 1 aromatic heterocycles. The molecule has 0 unspecified atom stereocenters. The third-order valence-corrected chi connectivity index (χ3v) is 2.09. The Bertz CT molecular complexity index is 488. The minimum absolute atomic E-state index is 0. The van der Waals surface area contributed by atoms with Gasteiger partial charge < -0.3 is 11.1 Å². The number of nitrogens with two attached hydrogens (primary N) is 1. The zero-order valence-corrected chi connectivity index (χ0v) is 11.0. The second kappa shape index (κ2) is 7.53. The Morgan fingerprint density at radius 3 is 2.33 bits per heavy atom. The number of aromatic nitrogens is 1. The number of nitrogen functional groups attached to an aromatic ring is 1. The molecular formula is C12H13Cl2N3O. The van der Waals surface area contributed by atoms with Gasteiger partial charge >= 0.3 is 0 Å². The molecule has 0 aliphatic heterocycles. The molecule has 3 N–H and O–H groups in total. The van der Waals surface area contributed by atoms with E-state index in [0.29, 0.717) is 16.9 Å². The van der Waals surface area contributed by atoms with Gasteiger partial charge in [0.05, 0.1) is 5.56 Å².